The predicted octanol–water partition coefficient (Wildman–Crippen LogP) is 1.89. The summed E-state index contributed by atoms with van der Waals surface area (Å²) in [6, 6.07) is 4.84. The first-order chi connectivity index (χ1) is 8.24. The van der Waals surface area contributed by atoms with Gasteiger partial charge in [0, 0.05) is 20.2 Å². The Balaban J connectivity index is 2.14. The lowest BCUT2D eigenvalue weighted by atomic mass is 10.1. The molecule has 0 spiro atoms. The van der Waals surface area contributed by atoms with Gasteiger partial charge in [0.1, 0.15) is 5.82 Å². The number of aryl methyl sites for hydroxylation is 1. The van der Waals surface area contributed by atoms with Gasteiger partial charge in [-0.1, -0.05) is 6.07 Å². The van der Waals surface area contributed by atoms with Crippen molar-refractivity contribution in [1.29, 1.82) is 0 Å². The van der Waals surface area contributed by atoms with Gasteiger partial charge in [0.15, 0.2) is 0 Å². The van der Waals surface area contributed by atoms with Gasteiger partial charge < -0.3 is 14.8 Å². The molecule has 96 valence electrons. The molecule has 0 aliphatic carbocycles. The minimum absolute atomic E-state index is 0.186. The Morgan fingerprint density at radius 2 is 2.06 bits per heavy atom. The van der Waals surface area contributed by atoms with E-state index in [1.54, 1.807) is 13.2 Å². The molecule has 17 heavy (non-hydrogen) atoms. The minimum Gasteiger partial charge on any atom is -0.382 e. The van der Waals surface area contributed by atoms with Crippen LogP contribution in [0.15, 0.2) is 18.2 Å². The maximum Gasteiger partial charge on any atom is 0.123 e. The van der Waals surface area contributed by atoms with E-state index in [2.05, 4.69) is 5.32 Å². The molecule has 0 unspecified atom stereocenters. The summed E-state index contributed by atoms with van der Waals surface area (Å²) in [5.74, 6) is -0.186. The smallest absolute Gasteiger partial charge is 0.123 e. The van der Waals surface area contributed by atoms with Gasteiger partial charge >= 0.3 is 0 Å². The van der Waals surface area contributed by atoms with Crippen molar-refractivity contribution in [2.75, 3.05) is 33.5 Å². The van der Waals surface area contributed by atoms with E-state index in [0.29, 0.717) is 19.8 Å². The highest BCUT2D eigenvalue weighted by atomic mass is 19.1. The van der Waals surface area contributed by atoms with Crippen LogP contribution in [0.2, 0.25) is 0 Å². The van der Waals surface area contributed by atoms with Crippen LogP contribution in [0.3, 0.4) is 0 Å². The summed E-state index contributed by atoms with van der Waals surface area (Å²) in [6.45, 7) is 5.32. The van der Waals surface area contributed by atoms with Crippen molar-refractivity contribution in [3.8, 4) is 0 Å². The number of nitrogens with one attached hydrogen (secondary N) is 1. The molecule has 4 heteroatoms. The topological polar surface area (TPSA) is 30.5 Å². The molecule has 0 aliphatic heterocycles. The third kappa shape index (κ3) is 5.77. The number of rotatable bonds is 8. The summed E-state index contributed by atoms with van der Waals surface area (Å²) >= 11 is 0. The second-order valence-corrected chi connectivity index (χ2v) is 3.85. The average Bonchev–Trinajstić information content (AvgIpc) is 2.30. The van der Waals surface area contributed by atoms with Crippen molar-refractivity contribution in [2.45, 2.75) is 13.5 Å². The third-order valence-electron chi connectivity index (χ3n) is 2.48. The summed E-state index contributed by atoms with van der Waals surface area (Å²) in [5.41, 5.74) is 2.08. The summed E-state index contributed by atoms with van der Waals surface area (Å²) in [5, 5.41) is 3.25. The van der Waals surface area contributed by atoms with Crippen LogP contribution in [0.5, 0.6) is 0 Å². The highest BCUT2D eigenvalue weighted by molar-refractivity contribution is 5.26. The molecule has 0 amide bonds. The lowest BCUT2D eigenvalue weighted by molar-refractivity contribution is 0.0719. The Morgan fingerprint density at radius 3 is 2.76 bits per heavy atom. The van der Waals surface area contributed by atoms with Gasteiger partial charge in [-0.3, -0.25) is 0 Å². The molecule has 0 bridgehead atoms. The average molecular weight is 241 g/mol. The fourth-order valence-corrected chi connectivity index (χ4v) is 1.47. The molecule has 1 N–H and O–H groups in total. The van der Waals surface area contributed by atoms with Crippen LogP contribution in [0.4, 0.5) is 4.39 Å². The molecule has 0 radical (unpaired) electrons. The maximum atomic E-state index is 12.9. The van der Waals surface area contributed by atoms with Crippen molar-refractivity contribution >= 4 is 0 Å². The SMILES string of the molecule is COCCOCCNCc1ccc(F)cc1C. The Kier molecular flexibility index (Phi) is 6.77. The van der Waals surface area contributed by atoms with E-state index in [9.17, 15) is 4.39 Å². The Bertz CT molecular complexity index is 331. The number of halogens is 1. The van der Waals surface area contributed by atoms with Gasteiger partial charge in [0.25, 0.3) is 0 Å². The quantitative estimate of drug-likeness (QED) is 0.705. The molecule has 0 aliphatic rings. The molecule has 1 aromatic rings. The molecule has 3 nitrogen and oxygen atoms in total. The van der Waals surface area contributed by atoms with Crippen molar-refractivity contribution < 1.29 is 13.9 Å². The van der Waals surface area contributed by atoms with Gasteiger partial charge in [-0.05, 0) is 30.2 Å². The van der Waals surface area contributed by atoms with E-state index in [4.69, 9.17) is 9.47 Å². The molecule has 0 atom stereocenters. The Hall–Kier alpha value is -0.970. The number of hydrogen-bond acceptors (Lipinski definition) is 3. The summed E-state index contributed by atoms with van der Waals surface area (Å²) in [7, 11) is 1.65. The molecule has 1 aromatic carbocycles. The second kappa shape index (κ2) is 8.17. The van der Waals surface area contributed by atoms with Crippen LogP contribution in [0.1, 0.15) is 11.1 Å². The van der Waals surface area contributed by atoms with Crippen LogP contribution in [-0.4, -0.2) is 33.5 Å². The highest BCUT2D eigenvalue weighted by Crippen LogP contribution is 2.09. The zero-order chi connectivity index (χ0) is 12.5. The molecule has 0 heterocycles. The standard InChI is InChI=1S/C13H20FNO2/c1-11-9-13(14)4-3-12(11)10-15-5-6-17-8-7-16-2/h3-4,9,15H,5-8,10H2,1-2H3. The first-order valence-electron chi connectivity index (χ1n) is 5.76. The molecular weight excluding hydrogens is 221 g/mol. The minimum atomic E-state index is -0.186. The molecule has 0 saturated heterocycles. The van der Waals surface area contributed by atoms with Crippen LogP contribution in [-0.2, 0) is 16.0 Å². The van der Waals surface area contributed by atoms with Crippen LogP contribution in [0.25, 0.3) is 0 Å². The second-order valence-electron chi connectivity index (χ2n) is 3.85. The zero-order valence-electron chi connectivity index (χ0n) is 10.5. The number of hydrogen-bond donors (Lipinski definition) is 1. The van der Waals surface area contributed by atoms with Gasteiger partial charge in [0.2, 0.25) is 0 Å². The molecule has 0 saturated carbocycles. The fourth-order valence-electron chi connectivity index (χ4n) is 1.47. The lowest BCUT2D eigenvalue weighted by Gasteiger charge is -2.08. The van der Waals surface area contributed by atoms with Crippen molar-refractivity contribution in [3.05, 3.63) is 35.1 Å². The zero-order valence-corrected chi connectivity index (χ0v) is 10.5. The van der Waals surface area contributed by atoms with E-state index in [-0.39, 0.29) is 5.82 Å². The first-order valence-corrected chi connectivity index (χ1v) is 5.76. The largest absolute Gasteiger partial charge is 0.382 e. The van der Waals surface area contributed by atoms with Crippen LogP contribution in [0, 0.1) is 12.7 Å². The Labute approximate surface area is 102 Å². The predicted molar refractivity (Wildman–Crippen MR) is 65.5 cm³/mol. The van der Waals surface area contributed by atoms with E-state index >= 15 is 0 Å². The highest BCUT2D eigenvalue weighted by Gasteiger charge is 1.99. The number of benzene rings is 1. The number of ether oxygens (including phenoxy) is 2. The molecule has 1 rings (SSSR count). The van der Waals surface area contributed by atoms with Gasteiger partial charge in [0.05, 0.1) is 19.8 Å². The Morgan fingerprint density at radius 1 is 1.24 bits per heavy atom. The van der Waals surface area contributed by atoms with E-state index in [1.807, 2.05) is 13.0 Å². The van der Waals surface area contributed by atoms with E-state index in [1.165, 1.54) is 6.07 Å². The van der Waals surface area contributed by atoms with E-state index < -0.39 is 0 Å². The van der Waals surface area contributed by atoms with Crippen LogP contribution < -0.4 is 5.32 Å². The van der Waals surface area contributed by atoms with Gasteiger partial charge in [-0.15, -0.1) is 0 Å². The molecule has 0 fully saturated rings. The third-order valence-corrected chi connectivity index (χ3v) is 2.48. The van der Waals surface area contributed by atoms with Gasteiger partial charge in [-0.25, -0.2) is 4.39 Å². The normalized spacial score (nSPS) is 10.8. The van der Waals surface area contributed by atoms with Crippen molar-refractivity contribution in [2.24, 2.45) is 0 Å². The maximum absolute atomic E-state index is 12.9. The monoisotopic (exact) mass is 241 g/mol. The fraction of sp³-hybridized carbons (Fsp3) is 0.538. The molecule has 0 aromatic heterocycles. The van der Waals surface area contributed by atoms with Crippen molar-refractivity contribution in [1.82, 2.24) is 5.32 Å². The summed E-state index contributed by atoms with van der Waals surface area (Å²) in [6.07, 6.45) is 0. The summed E-state index contributed by atoms with van der Waals surface area (Å²) < 4.78 is 23.0. The first kappa shape index (κ1) is 14.1. The van der Waals surface area contributed by atoms with Crippen molar-refractivity contribution in [3.63, 3.8) is 0 Å². The molecular formula is C13H20FNO2. The summed E-state index contributed by atoms with van der Waals surface area (Å²) in [4.78, 5) is 0. The van der Waals surface area contributed by atoms with Gasteiger partial charge in [-0.2, -0.15) is 0 Å². The van der Waals surface area contributed by atoms with Crippen LogP contribution >= 0.6 is 0 Å². The number of methoxy groups -OCH3 is 1. The van der Waals surface area contributed by atoms with E-state index in [0.717, 1.165) is 24.2 Å². The lowest BCUT2D eigenvalue weighted by Crippen LogP contribution is -2.20.